The monoisotopic (exact) mass is 373 g/mol. The van der Waals surface area contributed by atoms with E-state index in [0.29, 0.717) is 23.1 Å². The molecule has 0 radical (unpaired) electrons. The van der Waals surface area contributed by atoms with Crippen molar-refractivity contribution in [3.8, 4) is 0 Å². The van der Waals surface area contributed by atoms with Crippen molar-refractivity contribution in [3.05, 3.63) is 106 Å². The van der Waals surface area contributed by atoms with Crippen LogP contribution in [0.5, 0.6) is 0 Å². The molecule has 2 aromatic carbocycles. The SMILES string of the molecule is Cc1ccc2occ(CN(Cc3ccccc3)C(=O)c3ccco3)c(=O)c2c1. The second kappa shape index (κ2) is 7.56. The van der Waals surface area contributed by atoms with Gasteiger partial charge in [0, 0.05) is 6.54 Å². The second-order valence-electron chi connectivity index (χ2n) is 6.71. The highest BCUT2D eigenvalue weighted by Gasteiger charge is 2.21. The van der Waals surface area contributed by atoms with E-state index in [1.54, 1.807) is 29.2 Å². The fraction of sp³-hybridized carbons (Fsp3) is 0.130. The number of fused-ring (bicyclic) bond motifs is 1. The van der Waals surface area contributed by atoms with Crippen LogP contribution in [0.15, 0.2) is 86.8 Å². The number of carbonyl (C=O) groups is 1. The van der Waals surface area contributed by atoms with Gasteiger partial charge < -0.3 is 13.7 Å². The Balaban J connectivity index is 1.71. The number of carbonyl (C=O) groups excluding carboxylic acids is 1. The average molecular weight is 373 g/mol. The maximum Gasteiger partial charge on any atom is 0.290 e. The van der Waals surface area contributed by atoms with E-state index in [-0.39, 0.29) is 23.6 Å². The molecule has 4 rings (SSSR count). The highest BCUT2D eigenvalue weighted by molar-refractivity contribution is 5.91. The number of nitrogens with zero attached hydrogens (tertiary/aromatic N) is 1. The minimum absolute atomic E-state index is 0.126. The van der Waals surface area contributed by atoms with E-state index in [0.717, 1.165) is 11.1 Å². The Kier molecular flexibility index (Phi) is 4.81. The van der Waals surface area contributed by atoms with Gasteiger partial charge in [0.25, 0.3) is 5.91 Å². The molecule has 0 aliphatic heterocycles. The van der Waals surface area contributed by atoms with Crippen LogP contribution in [-0.2, 0) is 13.1 Å². The van der Waals surface area contributed by atoms with Gasteiger partial charge in [-0.1, -0.05) is 42.0 Å². The zero-order chi connectivity index (χ0) is 19.5. The third-order valence-electron chi connectivity index (χ3n) is 4.60. The van der Waals surface area contributed by atoms with Gasteiger partial charge in [-0.15, -0.1) is 0 Å². The molecule has 5 nitrogen and oxygen atoms in total. The largest absolute Gasteiger partial charge is 0.464 e. The zero-order valence-corrected chi connectivity index (χ0v) is 15.4. The molecule has 2 heterocycles. The Morgan fingerprint density at radius 1 is 0.964 bits per heavy atom. The van der Waals surface area contributed by atoms with Crippen molar-refractivity contribution in [2.45, 2.75) is 20.0 Å². The Bertz CT molecular complexity index is 1160. The molecule has 0 N–H and O–H groups in total. The second-order valence-corrected chi connectivity index (χ2v) is 6.71. The maximum atomic E-state index is 13.0. The maximum absolute atomic E-state index is 13.0. The number of amides is 1. The molecule has 0 spiro atoms. The molecule has 0 saturated carbocycles. The van der Waals surface area contributed by atoms with Crippen LogP contribution in [0.4, 0.5) is 0 Å². The summed E-state index contributed by atoms with van der Waals surface area (Å²) in [6.07, 6.45) is 2.90. The summed E-state index contributed by atoms with van der Waals surface area (Å²) in [6, 6.07) is 18.4. The molecular formula is C23H19NO4. The lowest BCUT2D eigenvalue weighted by molar-refractivity contribution is 0.0696. The van der Waals surface area contributed by atoms with E-state index in [2.05, 4.69) is 0 Å². The molecule has 0 aliphatic rings. The summed E-state index contributed by atoms with van der Waals surface area (Å²) in [5, 5.41) is 0.516. The molecule has 28 heavy (non-hydrogen) atoms. The number of aryl methyl sites for hydroxylation is 1. The molecule has 2 aromatic heterocycles. The van der Waals surface area contributed by atoms with E-state index in [9.17, 15) is 9.59 Å². The topological polar surface area (TPSA) is 63.7 Å². The van der Waals surface area contributed by atoms with Gasteiger partial charge >= 0.3 is 0 Å². The smallest absolute Gasteiger partial charge is 0.290 e. The minimum Gasteiger partial charge on any atom is -0.464 e. The molecule has 0 fully saturated rings. The van der Waals surface area contributed by atoms with Crippen molar-refractivity contribution in [1.29, 1.82) is 0 Å². The molecule has 140 valence electrons. The number of furan rings is 1. The fourth-order valence-corrected chi connectivity index (χ4v) is 3.16. The van der Waals surface area contributed by atoms with Gasteiger partial charge in [-0.25, -0.2) is 0 Å². The number of benzene rings is 2. The first kappa shape index (κ1) is 17.8. The third-order valence-corrected chi connectivity index (χ3v) is 4.60. The molecule has 0 atom stereocenters. The van der Waals surface area contributed by atoms with E-state index >= 15 is 0 Å². The lowest BCUT2D eigenvalue weighted by Gasteiger charge is -2.21. The molecule has 0 unspecified atom stereocenters. The first-order chi connectivity index (χ1) is 13.6. The third kappa shape index (κ3) is 3.60. The van der Waals surface area contributed by atoms with Crippen molar-refractivity contribution in [2.24, 2.45) is 0 Å². The highest BCUT2D eigenvalue weighted by Crippen LogP contribution is 2.17. The summed E-state index contributed by atoms with van der Waals surface area (Å²) in [4.78, 5) is 27.5. The van der Waals surface area contributed by atoms with Gasteiger partial charge in [0.2, 0.25) is 0 Å². The molecule has 0 saturated heterocycles. The van der Waals surface area contributed by atoms with Gasteiger partial charge in [-0.3, -0.25) is 9.59 Å². The van der Waals surface area contributed by atoms with Crippen LogP contribution in [0, 0.1) is 6.92 Å². The zero-order valence-electron chi connectivity index (χ0n) is 15.4. The van der Waals surface area contributed by atoms with Gasteiger partial charge in [0.05, 0.1) is 30.0 Å². The number of hydrogen-bond acceptors (Lipinski definition) is 4. The van der Waals surface area contributed by atoms with E-state index in [1.807, 2.05) is 43.3 Å². The van der Waals surface area contributed by atoms with Crippen LogP contribution in [0.2, 0.25) is 0 Å². The van der Waals surface area contributed by atoms with Crippen LogP contribution in [-0.4, -0.2) is 10.8 Å². The highest BCUT2D eigenvalue weighted by atomic mass is 16.3. The normalized spacial score (nSPS) is 10.9. The number of hydrogen-bond donors (Lipinski definition) is 0. The summed E-state index contributed by atoms with van der Waals surface area (Å²) in [5.74, 6) is -0.0467. The first-order valence-corrected chi connectivity index (χ1v) is 8.99. The fourth-order valence-electron chi connectivity index (χ4n) is 3.16. The molecule has 4 aromatic rings. The van der Waals surface area contributed by atoms with Crippen molar-refractivity contribution in [2.75, 3.05) is 0 Å². The average Bonchev–Trinajstić information content (AvgIpc) is 3.25. The summed E-state index contributed by atoms with van der Waals surface area (Å²) >= 11 is 0. The molecule has 1 amide bonds. The quantitative estimate of drug-likeness (QED) is 0.515. The lowest BCUT2D eigenvalue weighted by Crippen LogP contribution is -2.31. The Labute approximate surface area is 161 Å². The van der Waals surface area contributed by atoms with Crippen LogP contribution in [0.3, 0.4) is 0 Å². The van der Waals surface area contributed by atoms with Crippen molar-refractivity contribution in [3.63, 3.8) is 0 Å². The van der Waals surface area contributed by atoms with Crippen LogP contribution < -0.4 is 5.43 Å². The van der Waals surface area contributed by atoms with Gasteiger partial charge in [-0.2, -0.15) is 0 Å². The summed E-state index contributed by atoms with van der Waals surface area (Å²) < 4.78 is 10.9. The van der Waals surface area contributed by atoms with Crippen molar-refractivity contribution >= 4 is 16.9 Å². The molecule has 0 bridgehead atoms. The standard InChI is InChI=1S/C23H19NO4/c1-16-9-10-20-19(12-16)22(25)18(15-28-20)14-24(13-17-6-3-2-4-7-17)23(26)21-8-5-11-27-21/h2-12,15H,13-14H2,1H3. The van der Waals surface area contributed by atoms with E-state index in [1.165, 1.54) is 12.5 Å². The predicted molar refractivity (Wildman–Crippen MR) is 106 cm³/mol. The van der Waals surface area contributed by atoms with Crippen molar-refractivity contribution < 1.29 is 13.6 Å². The Morgan fingerprint density at radius 3 is 2.54 bits per heavy atom. The number of rotatable bonds is 5. The lowest BCUT2D eigenvalue weighted by atomic mass is 10.1. The van der Waals surface area contributed by atoms with Crippen LogP contribution in [0.25, 0.3) is 11.0 Å². The summed E-state index contributed by atoms with van der Waals surface area (Å²) in [7, 11) is 0. The Morgan fingerprint density at radius 2 is 1.79 bits per heavy atom. The van der Waals surface area contributed by atoms with Gasteiger partial charge in [-0.05, 0) is 36.8 Å². The van der Waals surface area contributed by atoms with E-state index < -0.39 is 0 Å². The van der Waals surface area contributed by atoms with Crippen molar-refractivity contribution in [1.82, 2.24) is 4.90 Å². The minimum atomic E-state index is -0.280. The summed E-state index contributed by atoms with van der Waals surface area (Å²) in [5.41, 5.74) is 2.77. The van der Waals surface area contributed by atoms with E-state index in [4.69, 9.17) is 8.83 Å². The van der Waals surface area contributed by atoms with Crippen LogP contribution in [0.1, 0.15) is 27.2 Å². The summed E-state index contributed by atoms with van der Waals surface area (Å²) in [6.45, 7) is 2.40. The van der Waals surface area contributed by atoms with Gasteiger partial charge in [0.1, 0.15) is 5.58 Å². The first-order valence-electron chi connectivity index (χ1n) is 8.99. The molecule has 5 heteroatoms. The Hall–Kier alpha value is -3.60. The molecular weight excluding hydrogens is 354 g/mol. The molecule has 0 aliphatic carbocycles. The van der Waals surface area contributed by atoms with Crippen LogP contribution >= 0.6 is 0 Å². The predicted octanol–water partition coefficient (Wildman–Crippen LogP) is 4.54. The van der Waals surface area contributed by atoms with Gasteiger partial charge in [0.15, 0.2) is 11.2 Å².